The fourth-order valence-corrected chi connectivity index (χ4v) is 2.62. The lowest BCUT2D eigenvalue weighted by atomic mass is 9.92. The van der Waals surface area contributed by atoms with Crippen LogP contribution in [0.1, 0.15) is 17.0 Å². The van der Waals surface area contributed by atoms with Crippen molar-refractivity contribution >= 4 is 17.6 Å². The molecule has 6 heteroatoms. The van der Waals surface area contributed by atoms with Gasteiger partial charge < -0.3 is 10.1 Å². The summed E-state index contributed by atoms with van der Waals surface area (Å²) in [6, 6.07) is 11.3. The Hall–Kier alpha value is -2.14. The number of halogens is 2. The third-order valence-corrected chi connectivity index (χ3v) is 3.69. The molecule has 3 rings (SSSR count). The molecule has 0 fully saturated rings. The van der Waals surface area contributed by atoms with E-state index in [1.54, 1.807) is 18.2 Å². The average molecular weight is 320 g/mol. The van der Waals surface area contributed by atoms with E-state index in [2.05, 4.69) is 15.3 Å². The Balaban J connectivity index is 1.89. The number of amidine groups is 1. The van der Waals surface area contributed by atoms with E-state index >= 15 is 0 Å². The van der Waals surface area contributed by atoms with Gasteiger partial charge in [0.05, 0.1) is 6.54 Å². The summed E-state index contributed by atoms with van der Waals surface area (Å²) >= 11 is 6.07. The molecule has 1 aromatic heterocycles. The van der Waals surface area contributed by atoms with Gasteiger partial charge in [0.2, 0.25) is 5.95 Å². The van der Waals surface area contributed by atoms with Crippen LogP contribution in [0.4, 0.5) is 4.39 Å². The molecule has 1 aliphatic rings. The Labute approximate surface area is 133 Å². The van der Waals surface area contributed by atoms with Crippen LogP contribution >= 0.6 is 11.6 Å². The summed E-state index contributed by atoms with van der Waals surface area (Å²) in [4.78, 5) is 7.92. The summed E-state index contributed by atoms with van der Waals surface area (Å²) in [5.41, 5.74) is 1.42. The summed E-state index contributed by atoms with van der Waals surface area (Å²) in [5.74, 6) is -0.720. The third kappa shape index (κ3) is 3.36. The number of ether oxygens (including phenoxy) is 1. The zero-order valence-electron chi connectivity index (χ0n) is 11.8. The minimum Gasteiger partial charge on any atom is -0.463 e. The molecule has 0 saturated carbocycles. The molecule has 1 aromatic carbocycles. The maximum absolute atomic E-state index is 14.1. The predicted octanol–water partition coefficient (Wildman–Crippen LogP) is 2.98. The van der Waals surface area contributed by atoms with Gasteiger partial charge in [-0.1, -0.05) is 29.8 Å². The van der Waals surface area contributed by atoms with E-state index in [0.29, 0.717) is 36.3 Å². The number of benzene rings is 1. The van der Waals surface area contributed by atoms with Gasteiger partial charge in [-0.2, -0.15) is 4.39 Å². The first-order chi connectivity index (χ1) is 10.7. The number of hydrogen-bond acceptors (Lipinski definition) is 4. The Morgan fingerprint density at radius 1 is 1.32 bits per heavy atom. The van der Waals surface area contributed by atoms with Crippen molar-refractivity contribution in [3.05, 3.63) is 64.7 Å². The van der Waals surface area contributed by atoms with Crippen LogP contribution < -0.4 is 5.32 Å². The predicted molar refractivity (Wildman–Crippen MR) is 83.7 cm³/mol. The molecule has 0 bridgehead atoms. The van der Waals surface area contributed by atoms with Crippen LogP contribution in [0.5, 0.6) is 0 Å². The first-order valence-electron chi connectivity index (χ1n) is 7.01. The van der Waals surface area contributed by atoms with Crippen LogP contribution in [0.2, 0.25) is 5.02 Å². The van der Waals surface area contributed by atoms with E-state index < -0.39 is 5.95 Å². The summed E-state index contributed by atoms with van der Waals surface area (Å²) in [7, 11) is 0. The van der Waals surface area contributed by atoms with Crippen molar-refractivity contribution in [2.24, 2.45) is 4.99 Å². The van der Waals surface area contributed by atoms with Crippen molar-refractivity contribution in [1.29, 1.82) is 0 Å². The number of hydrogen-bond donors (Lipinski definition) is 1. The molecule has 4 nitrogen and oxygen atoms in total. The number of aromatic nitrogens is 1. The molecule has 2 aromatic rings. The van der Waals surface area contributed by atoms with E-state index in [1.165, 1.54) is 6.20 Å². The van der Waals surface area contributed by atoms with Gasteiger partial charge in [-0.3, -0.25) is 0 Å². The SMILES string of the molecule is Fc1ncccc1C(CNC1=NCCO1)c1cccc(Cl)c1. The maximum Gasteiger partial charge on any atom is 0.284 e. The quantitative estimate of drug-likeness (QED) is 0.881. The molecule has 114 valence electrons. The minimum atomic E-state index is -0.483. The summed E-state index contributed by atoms with van der Waals surface area (Å²) in [6.45, 7) is 1.67. The molecule has 0 spiro atoms. The monoisotopic (exact) mass is 319 g/mol. The van der Waals surface area contributed by atoms with E-state index in [1.807, 2.05) is 18.2 Å². The van der Waals surface area contributed by atoms with E-state index in [-0.39, 0.29) is 5.92 Å². The van der Waals surface area contributed by atoms with Gasteiger partial charge in [0.1, 0.15) is 6.61 Å². The molecule has 1 atom stereocenters. The number of rotatable bonds is 4. The topological polar surface area (TPSA) is 46.5 Å². The second-order valence-corrected chi connectivity index (χ2v) is 5.34. The highest BCUT2D eigenvalue weighted by Gasteiger charge is 2.20. The van der Waals surface area contributed by atoms with Crippen LogP contribution in [0.25, 0.3) is 0 Å². The fourth-order valence-electron chi connectivity index (χ4n) is 2.42. The molecule has 0 amide bonds. The normalized spacial score (nSPS) is 15.1. The largest absolute Gasteiger partial charge is 0.463 e. The highest BCUT2D eigenvalue weighted by molar-refractivity contribution is 6.30. The van der Waals surface area contributed by atoms with Crippen LogP contribution in [-0.2, 0) is 4.74 Å². The third-order valence-electron chi connectivity index (χ3n) is 3.46. The second-order valence-electron chi connectivity index (χ2n) is 4.91. The van der Waals surface area contributed by atoms with Crippen molar-refractivity contribution in [1.82, 2.24) is 10.3 Å². The molecule has 1 aliphatic heterocycles. The number of nitrogens with one attached hydrogen (secondary N) is 1. The molecule has 1 unspecified atom stereocenters. The van der Waals surface area contributed by atoms with Gasteiger partial charge in [-0.25, -0.2) is 9.98 Å². The molecule has 0 aliphatic carbocycles. The van der Waals surface area contributed by atoms with Gasteiger partial charge in [-0.05, 0) is 23.8 Å². The lowest BCUT2D eigenvalue weighted by molar-refractivity contribution is 0.331. The molecule has 22 heavy (non-hydrogen) atoms. The zero-order chi connectivity index (χ0) is 15.4. The molecule has 1 N–H and O–H groups in total. The lowest BCUT2D eigenvalue weighted by Gasteiger charge is -2.19. The van der Waals surface area contributed by atoms with Crippen LogP contribution in [0.3, 0.4) is 0 Å². The van der Waals surface area contributed by atoms with Gasteiger partial charge >= 0.3 is 0 Å². The summed E-state index contributed by atoms with van der Waals surface area (Å²) in [5, 5.41) is 3.73. The Morgan fingerprint density at radius 2 is 2.23 bits per heavy atom. The second kappa shape index (κ2) is 6.75. The minimum absolute atomic E-state index is 0.237. The Morgan fingerprint density at radius 3 is 2.95 bits per heavy atom. The smallest absolute Gasteiger partial charge is 0.284 e. The van der Waals surface area contributed by atoms with Gasteiger partial charge in [0.15, 0.2) is 0 Å². The molecule has 0 saturated heterocycles. The van der Waals surface area contributed by atoms with Crippen LogP contribution in [0.15, 0.2) is 47.6 Å². The highest BCUT2D eigenvalue weighted by atomic mass is 35.5. The van der Waals surface area contributed by atoms with Crippen LogP contribution in [-0.4, -0.2) is 30.7 Å². The number of nitrogens with zero attached hydrogens (tertiary/aromatic N) is 2. The standard InChI is InChI=1S/C16H15ClFN3O/c17-12-4-1-3-11(9-12)14(10-21-16-20-7-8-22-16)13-5-2-6-19-15(13)18/h1-6,9,14H,7-8,10H2,(H,20,21). The molecule has 2 heterocycles. The van der Waals surface area contributed by atoms with Crippen molar-refractivity contribution in [3.63, 3.8) is 0 Å². The van der Waals surface area contributed by atoms with E-state index in [9.17, 15) is 4.39 Å². The summed E-state index contributed by atoms with van der Waals surface area (Å²) in [6.07, 6.45) is 1.44. The van der Waals surface area contributed by atoms with Gasteiger partial charge in [-0.15, -0.1) is 0 Å². The lowest BCUT2D eigenvalue weighted by Crippen LogP contribution is -2.29. The fraction of sp³-hybridized carbons (Fsp3) is 0.250. The first-order valence-corrected chi connectivity index (χ1v) is 7.39. The van der Waals surface area contributed by atoms with E-state index in [0.717, 1.165) is 5.56 Å². The number of pyridine rings is 1. The van der Waals surface area contributed by atoms with Crippen molar-refractivity contribution in [3.8, 4) is 0 Å². The van der Waals surface area contributed by atoms with Gasteiger partial charge in [0.25, 0.3) is 6.02 Å². The Kier molecular flexibility index (Phi) is 4.53. The van der Waals surface area contributed by atoms with Crippen LogP contribution in [0, 0.1) is 5.95 Å². The Bertz CT molecular complexity index is 693. The van der Waals surface area contributed by atoms with Crippen molar-refractivity contribution < 1.29 is 9.13 Å². The highest BCUT2D eigenvalue weighted by Crippen LogP contribution is 2.27. The average Bonchev–Trinajstić information content (AvgIpc) is 3.03. The van der Waals surface area contributed by atoms with Gasteiger partial charge in [0, 0.05) is 29.2 Å². The number of aliphatic imine (C=N–C) groups is 1. The first kappa shape index (κ1) is 14.8. The maximum atomic E-state index is 14.1. The van der Waals surface area contributed by atoms with E-state index in [4.69, 9.17) is 16.3 Å². The zero-order valence-corrected chi connectivity index (χ0v) is 12.6. The summed E-state index contributed by atoms with van der Waals surface area (Å²) < 4.78 is 19.4. The molecular formula is C16H15ClFN3O. The van der Waals surface area contributed by atoms with Crippen molar-refractivity contribution in [2.75, 3.05) is 19.7 Å². The molecular weight excluding hydrogens is 305 g/mol. The molecule has 0 radical (unpaired) electrons. The van der Waals surface area contributed by atoms with Crippen molar-refractivity contribution in [2.45, 2.75) is 5.92 Å².